The average molecular weight is 271 g/mol. The van der Waals surface area contributed by atoms with E-state index in [-0.39, 0.29) is 57.1 Å². The van der Waals surface area contributed by atoms with Gasteiger partial charge in [0.25, 0.3) is 10.1 Å². The van der Waals surface area contributed by atoms with Crippen LogP contribution in [0.15, 0.2) is 17.0 Å². The molecule has 0 aliphatic rings. The van der Waals surface area contributed by atoms with Crippen molar-refractivity contribution in [1.29, 1.82) is 0 Å². The van der Waals surface area contributed by atoms with Gasteiger partial charge in [0.05, 0.1) is 5.56 Å². The van der Waals surface area contributed by atoms with Crippen molar-refractivity contribution in [3.8, 4) is 5.75 Å². The molecule has 0 saturated heterocycles. The van der Waals surface area contributed by atoms with E-state index in [0.29, 0.717) is 6.07 Å². The topological polar surface area (TPSA) is 141 Å². The molecule has 0 amide bonds. The molecule has 1 aromatic carbocycles. The molecule has 0 spiro atoms. The quantitative estimate of drug-likeness (QED) is 0.285. The van der Waals surface area contributed by atoms with Crippen molar-refractivity contribution in [3.63, 3.8) is 0 Å². The van der Waals surface area contributed by atoms with Crippen LogP contribution < -0.4 is 62.2 Å². The first-order valence-electron chi connectivity index (χ1n) is 3.55. The van der Waals surface area contributed by atoms with Gasteiger partial charge in [-0.15, -0.1) is 0 Å². The van der Waals surface area contributed by atoms with Crippen LogP contribution in [0.4, 0.5) is 5.69 Å². The first-order chi connectivity index (χ1) is 6.73. The van der Waals surface area contributed by atoms with E-state index in [1.54, 1.807) is 0 Å². The molecule has 9 heteroatoms. The second kappa shape index (κ2) is 5.45. The fourth-order valence-electron chi connectivity index (χ4n) is 1.02. The van der Waals surface area contributed by atoms with E-state index in [1.165, 1.54) is 0 Å². The van der Waals surface area contributed by atoms with Gasteiger partial charge in [0.2, 0.25) is 0 Å². The van der Waals surface area contributed by atoms with Crippen molar-refractivity contribution in [3.05, 3.63) is 17.7 Å². The van der Waals surface area contributed by atoms with Crippen LogP contribution in [0.5, 0.6) is 5.75 Å². The molecule has 82 valence electrons. The largest absolute Gasteiger partial charge is 1.00 e. The summed E-state index contributed by atoms with van der Waals surface area (Å²) in [5, 5.41) is 19.7. The molecule has 7 nitrogen and oxygen atoms in total. The Bertz CT molecular complexity index is 526. The zero-order valence-electron chi connectivity index (χ0n) is 8.17. The van der Waals surface area contributed by atoms with Crippen LogP contribution in [-0.2, 0) is 10.1 Å². The summed E-state index contributed by atoms with van der Waals surface area (Å²) in [4.78, 5) is 9.58. The average Bonchev–Trinajstić information content (AvgIpc) is 1.99. The molecule has 1 rings (SSSR count). The number of hydrogen-bond acceptors (Lipinski definition) is 5. The standard InChI is InChI=1S/C7H7NO6S.K/c8-3-1-4(9)6(7(10)11)5(2-3)15(12,13)14;/h1-2,9H,8H2,(H,10,11)(H,12,13,14);/q;+1/p-1. The maximum atomic E-state index is 11.1. The molecular formula is C7H6KNO6S. The molecule has 0 saturated carbocycles. The van der Waals surface area contributed by atoms with E-state index >= 15 is 0 Å². The van der Waals surface area contributed by atoms with Gasteiger partial charge in [0.15, 0.2) is 0 Å². The van der Waals surface area contributed by atoms with Gasteiger partial charge in [0, 0.05) is 5.69 Å². The Kier molecular flexibility index (Phi) is 5.39. The number of carboxylic acids is 1. The summed E-state index contributed by atoms with van der Waals surface area (Å²) in [6.45, 7) is 0. The maximum Gasteiger partial charge on any atom is 1.00 e. The minimum Gasteiger partial charge on any atom is -0.872 e. The van der Waals surface area contributed by atoms with Crippen LogP contribution in [0.25, 0.3) is 0 Å². The Balaban J connectivity index is 0.00000225. The number of carboxylic acid groups (broad SMARTS) is 1. The molecule has 0 aromatic heterocycles. The number of benzene rings is 1. The van der Waals surface area contributed by atoms with Crippen molar-refractivity contribution in [1.82, 2.24) is 0 Å². The Morgan fingerprint density at radius 1 is 1.38 bits per heavy atom. The number of rotatable bonds is 2. The van der Waals surface area contributed by atoms with E-state index in [1.807, 2.05) is 0 Å². The minimum absolute atomic E-state index is 0. The Hall–Kier alpha value is -0.164. The predicted molar refractivity (Wildman–Crippen MR) is 47.1 cm³/mol. The summed E-state index contributed by atoms with van der Waals surface area (Å²) in [5.74, 6) is -2.82. The van der Waals surface area contributed by atoms with Crippen LogP contribution in [-0.4, -0.2) is 24.0 Å². The van der Waals surface area contributed by atoms with E-state index in [4.69, 9.17) is 15.4 Å². The summed E-state index contributed by atoms with van der Waals surface area (Å²) in [7, 11) is -4.78. The first kappa shape index (κ1) is 15.8. The van der Waals surface area contributed by atoms with Crippen molar-refractivity contribution >= 4 is 21.8 Å². The summed E-state index contributed by atoms with van der Waals surface area (Å²) in [6.07, 6.45) is 0. The number of hydrogen-bond donors (Lipinski definition) is 3. The number of aromatic carboxylic acids is 1. The number of anilines is 1. The molecule has 4 N–H and O–H groups in total. The summed E-state index contributed by atoms with van der Waals surface area (Å²) >= 11 is 0. The van der Waals surface area contributed by atoms with Gasteiger partial charge >= 0.3 is 57.4 Å². The molecule has 0 bridgehead atoms. The van der Waals surface area contributed by atoms with Gasteiger partial charge in [-0.05, 0) is 12.1 Å². The first-order valence-corrected chi connectivity index (χ1v) is 4.99. The molecule has 0 fully saturated rings. The third kappa shape index (κ3) is 3.42. The minimum atomic E-state index is -4.78. The Morgan fingerprint density at radius 3 is 2.25 bits per heavy atom. The van der Waals surface area contributed by atoms with Crippen molar-refractivity contribution in [2.75, 3.05) is 5.73 Å². The van der Waals surface area contributed by atoms with E-state index in [9.17, 15) is 18.3 Å². The van der Waals surface area contributed by atoms with Crippen LogP contribution >= 0.6 is 0 Å². The van der Waals surface area contributed by atoms with Crippen LogP contribution in [0.1, 0.15) is 10.4 Å². The Morgan fingerprint density at radius 2 is 1.88 bits per heavy atom. The molecular weight excluding hydrogens is 265 g/mol. The fraction of sp³-hybridized carbons (Fsp3) is 0. The van der Waals surface area contributed by atoms with Crippen molar-refractivity contribution in [2.45, 2.75) is 4.90 Å². The number of carbonyl (C=O) groups is 1. The number of nitrogens with two attached hydrogens (primary N) is 1. The van der Waals surface area contributed by atoms with Gasteiger partial charge in [-0.2, -0.15) is 8.42 Å². The Labute approximate surface area is 133 Å². The molecule has 0 aliphatic carbocycles. The summed E-state index contributed by atoms with van der Waals surface area (Å²) in [6, 6.07) is 1.47. The smallest absolute Gasteiger partial charge is 0.872 e. The van der Waals surface area contributed by atoms with Gasteiger partial charge in [0.1, 0.15) is 4.90 Å². The van der Waals surface area contributed by atoms with Crippen LogP contribution in [0.3, 0.4) is 0 Å². The maximum absolute atomic E-state index is 11.1. The molecule has 1 aromatic rings. The summed E-state index contributed by atoms with van der Waals surface area (Å²) < 4.78 is 30.2. The van der Waals surface area contributed by atoms with Gasteiger partial charge in [-0.3, -0.25) is 4.55 Å². The van der Waals surface area contributed by atoms with E-state index in [0.717, 1.165) is 6.07 Å². The molecule has 16 heavy (non-hydrogen) atoms. The van der Waals surface area contributed by atoms with Crippen LogP contribution in [0, 0.1) is 0 Å². The van der Waals surface area contributed by atoms with Crippen LogP contribution in [0.2, 0.25) is 0 Å². The predicted octanol–water partition coefficient (Wildman–Crippen LogP) is -3.71. The van der Waals surface area contributed by atoms with Crippen molar-refractivity contribution < 1.29 is 79.4 Å². The van der Waals surface area contributed by atoms with E-state index < -0.39 is 32.3 Å². The van der Waals surface area contributed by atoms with Gasteiger partial charge < -0.3 is 15.9 Å². The van der Waals surface area contributed by atoms with Gasteiger partial charge in [-0.1, -0.05) is 5.75 Å². The normalized spacial score (nSPS) is 10.6. The zero-order chi connectivity index (χ0) is 11.8. The van der Waals surface area contributed by atoms with E-state index in [2.05, 4.69) is 0 Å². The second-order valence-electron chi connectivity index (χ2n) is 2.67. The monoisotopic (exact) mass is 271 g/mol. The third-order valence-electron chi connectivity index (χ3n) is 1.58. The van der Waals surface area contributed by atoms with Gasteiger partial charge in [-0.25, -0.2) is 4.79 Å². The molecule has 0 radical (unpaired) electrons. The zero-order valence-corrected chi connectivity index (χ0v) is 12.1. The third-order valence-corrected chi connectivity index (χ3v) is 2.46. The molecule has 0 heterocycles. The van der Waals surface area contributed by atoms with Crippen molar-refractivity contribution in [2.24, 2.45) is 0 Å². The molecule has 0 unspecified atom stereocenters. The molecule has 0 atom stereocenters. The fourth-order valence-corrected chi connectivity index (χ4v) is 1.76. The second-order valence-corrected chi connectivity index (χ2v) is 4.06. The molecule has 0 aliphatic heterocycles. The SMILES string of the molecule is Nc1cc([O-])c(C(=O)O)c(S(=O)(=O)O)c1.[K+]. The summed E-state index contributed by atoms with van der Waals surface area (Å²) in [5.41, 5.74) is 3.90. The number of nitrogen functional groups attached to an aromatic ring is 1.